The maximum atomic E-state index is 14.1. The Hall–Kier alpha value is -3.84. The second kappa shape index (κ2) is 22.7. The van der Waals surface area contributed by atoms with Gasteiger partial charge in [-0.25, -0.2) is 34.4 Å². The average Bonchev–Trinajstić information content (AvgIpc) is 3.17. The first-order valence-corrected chi connectivity index (χ1v) is 24.3. The van der Waals surface area contributed by atoms with E-state index in [4.69, 9.17) is 57.0 Å². The van der Waals surface area contributed by atoms with E-state index in [2.05, 4.69) is 52.5 Å². The molecule has 0 heterocycles. The van der Waals surface area contributed by atoms with Gasteiger partial charge in [-0.05, 0) is 77.9 Å². The van der Waals surface area contributed by atoms with Crippen molar-refractivity contribution in [2.45, 2.75) is 9.79 Å². The van der Waals surface area contributed by atoms with E-state index in [9.17, 15) is 34.4 Å². The van der Waals surface area contributed by atoms with Crippen LogP contribution in [0.4, 0.5) is 34.6 Å². The molecule has 0 atom stereocenters. The molecule has 0 unspecified atom stereocenters. The number of hydrogen-bond donors (Lipinski definition) is 3. The zero-order valence-electron chi connectivity index (χ0n) is 31.0. The van der Waals surface area contributed by atoms with Gasteiger partial charge in [-0.1, -0.05) is 143 Å². The van der Waals surface area contributed by atoms with Crippen LogP contribution in [0.15, 0.2) is 163 Å². The number of halogens is 11. The number of rotatable bonds is 6. The van der Waals surface area contributed by atoms with Crippen LogP contribution in [0.3, 0.4) is 0 Å². The molecule has 0 bridgehead atoms. The summed E-state index contributed by atoms with van der Waals surface area (Å²) in [6.45, 7) is 0. The van der Waals surface area contributed by atoms with Crippen LogP contribution in [0.5, 0.6) is 0 Å². The Morgan fingerprint density at radius 2 is 0.903 bits per heavy atom. The number of anilines is 3. The lowest BCUT2D eigenvalue weighted by Crippen LogP contribution is -2.14. The summed E-state index contributed by atoms with van der Waals surface area (Å²) in [7, 11) is -2.71. The maximum absolute atomic E-state index is 14.1. The van der Waals surface area contributed by atoms with E-state index in [1.54, 1.807) is 78.9 Å². The van der Waals surface area contributed by atoms with Crippen molar-refractivity contribution in [3.63, 3.8) is 0 Å². The molecular formula is C42H28Br3Cl4F4N3O4S2. The zero-order valence-corrected chi connectivity index (χ0v) is 40.5. The van der Waals surface area contributed by atoms with Crippen molar-refractivity contribution >= 4 is 129 Å². The van der Waals surface area contributed by atoms with E-state index in [1.807, 2.05) is 6.07 Å². The summed E-state index contributed by atoms with van der Waals surface area (Å²) in [4.78, 5) is -0.162. The van der Waals surface area contributed by atoms with Crippen LogP contribution in [0, 0.1) is 23.3 Å². The number of nitrogens with two attached hydrogens (primary N) is 2. The van der Waals surface area contributed by atoms with Gasteiger partial charge in [0.2, 0.25) is 0 Å². The molecule has 0 aliphatic carbocycles. The second-order valence-corrected chi connectivity index (χ2v) is 20.7. The van der Waals surface area contributed by atoms with Crippen LogP contribution < -0.4 is 16.2 Å². The van der Waals surface area contributed by atoms with E-state index in [0.29, 0.717) is 47.4 Å². The normalized spacial score (nSPS) is 10.9. The van der Waals surface area contributed by atoms with Crippen molar-refractivity contribution in [1.82, 2.24) is 0 Å². The largest absolute Gasteiger partial charge is 0.399 e. The molecule has 62 heavy (non-hydrogen) atoms. The summed E-state index contributed by atoms with van der Waals surface area (Å²) < 4.78 is 105. The topological polar surface area (TPSA) is 132 Å². The monoisotopic (exact) mass is 1150 g/mol. The van der Waals surface area contributed by atoms with Gasteiger partial charge >= 0.3 is 0 Å². The lowest BCUT2D eigenvalue weighted by Gasteiger charge is -2.12. The van der Waals surface area contributed by atoms with E-state index < -0.39 is 42.3 Å². The Balaban J connectivity index is 0.000000199. The third kappa shape index (κ3) is 15.5. The highest BCUT2D eigenvalue weighted by atomic mass is 79.9. The van der Waals surface area contributed by atoms with Crippen molar-refractivity contribution < 1.29 is 34.4 Å². The van der Waals surface area contributed by atoms with Crippen molar-refractivity contribution in [3.05, 3.63) is 191 Å². The smallest absolute Gasteiger partial charge is 0.262 e. The first-order valence-electron chi connectivity index (χ1n) is 17.0. The molecule has 0 aliphatic rings. The van der Waals surface area contributed by atoms with Crippen LogP contribution in [0.25, 0.3) is 22.3 Å². The molecule has 0 saturated carbocycles. The molecular weight excluding hydrogens is 1130 g/mol. The van der Waals surface area contributed by atoms with Gasteiger partial charge in [0.05, 0.1) is 21.2 Å². The Morgan fingerprint density at radius 1 is 0.484 bits per heavy atom. The molecule has 7 aromatic rings. The van der Waals surface area contributed by atoms with Crippen LogP contribution in [-0.2, 0) is 19.1 Å². The summed E-state index contributed by atoms with van der Waals surface area (Å²) in [6, 6.07) is 34.8. The van der Waals surface area contributed by atoms with Crippen LogP contribution in [-0.4, -0.2) is 16.8 Å². The molecule has 0 aliphatic heterocycles. The minimum Gasteiger partial charge on any atom is -0.399 e. The lowest BCUT2D eigenvalue weighted by molar-refractivity contribution is 0.584. The standard InChI is InChI=1S/C18H11BrClF2NO2S.C12H9F2N.C6H3BrCl2O2S.C6H5BrClN/c19-12-6-13(20)8-14(7-12)26(24,25)23-18-9-15(16(21)10-17(18)22)11-4-2-1-3-5-11;13-10-7-11(14)12(15)6-9(10)8-4-2-1-3-5-8;7-4-1-5(8)3-6(2-4)12(9,10)11;7-4-1-5(8)3-6(9)2-4/h1-10,23H;1-7H,15H2;1-3H;1-3H,9H2. The first-order chi connectivity index (χ1) is 29.0. The quantitative estimate of drug-likeness (QED) is 0.0863. The third-order valence-electron chi connectivity index (χ3n) is 7.71. The Labute approximate surface area is 399 Å². The van der Waals surface area contributed by atoms with Gasteiger partial charge in [0.15, 0.2) is 0 Å². The molecule has 5 N–H and O–H groups in total. The van der Waals surface area contributed by atoms with E-state index in [1.165, 1.54) is 36.4 Å². The van der Waals surface area contributed by atoms with Gasteiger partial charge in [-0.15, -0.1) is 0 Å². The van der Waals surface area contributed by atoms with E-state index in [0.717, 1.165) is 16.6 Å². The van der Waals surface area contributed by atoms with Gasteiger partial charge < -0.3 is 11.5 Å². The predicted octanol–water partition coefficient (Wildman–Crippen LogP) is 14.8. The first kappa shape index (κ1) is 50.8. The molecule has 0 aromatic heterocycles. The SMILES string of the molecule is Nc1cc(-c2ccccc2)c(F)cc1F.Nc1cc(Cl)cc(Br)c1.O=S(=O)(Cl)c1cc(Cl)cc(Br)c1.O=S(=O)(Nc1cc(-c2ccccc2)c(F)cc1F)c1cc(Cl)cc(Br)c1. The fraction of sp³-hybridized carbons (Fsp3) is 0. The highest BCUT2D eigenvalue weighted by molar-refractivity contribution is 9.11. The molecule has 7 nitrogen and oxygen atoms in total. The molecule has 324 valence electrons. The van der Waals surface area contributed by atoms with Gasteiger partial charge in [0.25, 0.3) is 19.1 Å². The zero-order chi connectivity index (χ0) is 45.9. The molecule has 7 rings (SSSR count). The Bertz CT molecular complexity index is 2840. The Kier molecular flexibility index (Phi) is 18.6. The molecule has 20 heteroatoms. The molecule has 0 radical (unpaired) electrons. The summed E-state index contributed by atoms with van der Waals surface area (Å²) in [6.07, 6.45) is 0. The molecule has 0 saturated heterocycles. The van der Waals surface area contributed by atoms with E-state index in [-0.39, 0.29) is 31.8 Å². The number of hydrogen-bond acceptors (Lipinski definition) is 6. The van der Waals surface area contributed by atoms with Gasteiger partial charge in [-0.3, -0.25) is 4.72 Å². The summed E-state index contributed by atoms with van der Waals surface area (Å²) in [5, 5.41) is 1.18. The van der Waals surface area contributed by atoms with Crippen LogP contribution in [0.2, 0.25) is 15.1 Å². The van der Waals surface area contributed by atoms with Gasteiger partial charge in [0.1, 0.15) is 23.3 Å². The fourth-order valence-electron chi connectivity index (χ4n) is 5.00. The molecule has 0 amide bonds. The maximum Gasteiger partial charge on any atom is 0.262 e. The van der Waals surface area contributed by atoms with E-state index >= 15 is 0 Å². The second-order valence-electron chi connectivity index (χ2n) is 12.4. The van der Waals surface area contributed by atoms with Crippen LogP contribution >= 0.6 is 93.3 Å². The Morgan fingerprint density at radius 3 is 1.35 bits per heavy atom. The highest BCUT2D eigenvalue weighted by Gasteiger charge is 2.20. The minimum atomic E-state index is -4.12. The average molecular weight is 1160 g/mol. The van der Waals surface area contributed by atoms with Crippen molar-refractivity contribution in [3.8, 4) is 22.3 Å². The number of nitrogen functional groups attached to an aromatic ring is 2. The number of benzene rings is 7. The highest BCUT2D eigenvalue weighted by Crippen LogP contribution is 2.31. The third-order valence-corrected chi connectivity index (χ3v) is 12.4. The van der Waals surface area contributed by atoms with Gasteiger partial charge in [-0.2, -0.15) is 0 Å². The van der Waals surface area contributed by atoms with Crippen molar-refractivity contribution in [2.24, 2.45) is 0 Å². The summed E-state index contributed by atoms with van der Waals surface area (Å²) >= 11 is 26.6. The molecule has 7 aromatic carbocycles. The predicted molar refractivity (Wildman–Crippen MR) is 254 cm³/mol. The summed E-state index contributed by atoms with van der Waals surface area (Å²) in [5.41, 5.74) is 12.7. The van der Waals surface area contributed by atoms with Crippen molar-refractivity contribution in [2.75, 3.05) is 16.2 Å². The fourth-order valence-corrected chi connectivity index (χ4v) is 9.97. The van der Waals surface area contributed by atoms with Gasteiger partial charge in [0, 0.05) is 68.1 Å². The number of sulfonamides is 1. The van der Waals surface area contributed by atoms with Crippen molar-refractivity contribution in [1.29, 1.82) is 0 Å². The summed E-state index contributed by atoms with van der Waals surface area (Å²) in [5.74, 6) is -3.14. The number of nitrogens with one attached hydrogen (secondary N) is 1. The van der Waals surface area contributed by atoms with Crippen LogP contribution in [0.1, 0.15) is 0 Å². The minimum absolute atomic E-state index is 0.0106. The lowest BCUT2D eigenvalue weighted by atomic mass is 10.0. The molecule has 0 spiro atoms. The molecule has 0 fully saturated rings.